The van der Waals surface area contributed by atoms with Gasteiger partial charge in [0.05, 0.1) is 0 Å². The van der Waals surface area contributed by atoms with Crippen molar-refractivity contribution < 1.29 is 8.78 Å². The lowest BCUT2D eigenvalue weighted by atomic mass is 10.0. The Hall–Kier alpha value is -0.920. The minimum atomic E-state index is -2.72. The molecule has 2 heteroatoms. The normalized spacial score (nSPS) is 11.7. The Bertz CT molecular complexity index is 256. The highest BCUT2D eigenvalue weighted by Gasteiger charge is 2.23. The number of rotatable bonds is 3. The molecule has 0 unspecified atom stereocenters. The number of aryl methyl sites for hydroxylation is 1. The van der Waals surface area contributed by atoms with Crippen molar-refractivity contribution in [2.75, 3.05) is 0 Å². The molecule has 1 aromatic carbocycles. The van der Waals surface area contributed by atoms with Gasteiger partial charge in [-0.2, -0.15) is 0 Å². The standard InChI is InChI=1S/C11H14F2/c1-3-4-9-5-7-10(8-6-9)11(2,12)13/h5-8H,3-4H2,1-2H3. The van der Waals surface area contributed by atoms with Gasteiger partial charge in [0.15, 0.2) is 0 Å². The Morgan fingerprint density at radius 3 is 2.08 bits per heavy atom. The average molecular weight is 184 g/mol. The van der Waals surface area contributed by atoms with Gasteiger partial charge in [-0.15, -0.1) is 0 Å². The van der Waals surface area contributed by atoms with E-state index in [1.807, 2.05) is 0 Å². The molecule has 0 aliphatic carbocycles. The van der Waals surface area contributed by atoms with E-state index in [2.05, 4.69) is 6.92 Å². The fourth-order valence-electron chi connectivity index (χ4n) is 1.25. The average Bonchev–Trinajstić information content (AvgIpc) is 2.04. The fraction of sp³-hybridized carbons (Fsp3) is 0.455. The second kappa shape index (κ2) is 3.86. The molecule has 0 fully saturated rings. The first-order chi connectivity index (χ1) is 6.04. The predicted octanol–water partition coefficient (Wildman–Crippen LogP) is 3.75. The number of benzene rings is 1. The topological polar surface area (TPSA) is 0 Å². The maximum Gasteiger partial charge on any atom is 0.270 e. The molecule has 0 aliphatic heterocycles. The molecule has 1 rings (SSSR count). The van der Waals surface area contributed by atoms with Crippen LogP contribution in [0.2, 0.25) is 0 Å². The largest absolute Gasteiger partial charge is 0.270 e. The van der Waals surface area contributed by atoms with E-state index in [-0.39, 0.29) is 5.56 Å². The van der Waals surface area contributed by atoms with Crippen LogP contribution in [0.1, 0.15) is 31.4 Å². The van der Waals surface area contributed by atoms with Crippen LogP contribution in [0.3, 0.4) is 0 Å². The Labute approximate surface area is 77.6 Å². The van der Waals surface area contributed by atoms with E-state index in [0.717, 1.165) is 25.3 Å². The molecule has 13 heavy (non-hydrogen) atoms. The van der Waals surface area contributed by atoms with Gasteiger partial charge in [-0.25, -0.2) is 8.78 Å². The number of hydrogen-bond donors (Lipinski definition) is 0. The molecule has 0 atom stereocenters. The molecule has 72 valence electrons. The van der Waals surface area contributed by atoms with Crippen LogP contribution in [-0.2, 0) is 12.3 Å². The summed E-state index contributed by atoms with van der Waals surface area (Å²) in [7, 11) is 0. The van der Waals surface area contributed by atoms with E-state index >= 15 is 0 Å². The number of alkyl halides is 2. The summed E-state index contributed by atoms with van der Waals surface area (Å²) in [6.07, 6.45) is 2.00. The molecule has 0 N–H and O–H groups in total. The summed E-state index contributed by atoms with van der Waals surface area (Å²) in [5.41, 5.74) is 1.21. The van der Waals surface area contributed by atoms with Crippen molar-refractivity contribution in [3.63, 3.8) is 0 Å². The molecule has 0 amide bonds. The minimum Gasteiger partial charge on any atom is -0.202 e. The zero-order valence-electron chi connectivity index (χ0n) is 7.98. The molecule has 0 saturated carbocycles. The second-order valence-electron chi connectivity index (χ2n) is 3.34. The molecule has 0 aromatic heterocycles. The lowest BCUT2D eigenvalue weighted by Gasteiger charge is -2.10. The molecule has 0 nitrogen and oxygen atoms in total. The molecule has 0 radical (unpaired) electrons. The summed E-state index contributed by atoms with van der Waals surface area (Å²) in [5, 5.41) is 0. The summed E-state index contributed by atoms with van der Waals surface area (Å²) in [6, 6.07) is 6.56. The molecule has 0 saturated heterocycles. The zero-order valence-corrected chi connectivity index (χ0v) is 7.98. The van der Waals surface area contributed by atoms with Crippen LogP contribution in [-0.4, -0.2) is 0 Å². The fourth-order valence-corrected chi connectivity index (χ4v) is 1.25. The summed E-state index contributed by atoms with van der Waals surface area (Å²) in [4.78, 5) is 0. The number of halogens is 2. The van der Waals surface area contributed by atoms with E-state index in [1.54, 1.807) is 12.1 Å². The SMILES string of the molecule is CCCc1ccc(C(C)(F)F)cc1. The minimum absolute atomic E-state index is 0.0901. The van der Waals surface area contributed by atoms with E-state index in [0.29, 0.717) is 0 Å². The lowest BCUT2D eigenvalue weighted by Crippen LogP contribution is -2.06. The first kappa shape index (κ1) is 10.2. The van der Waals surface area contributed by atoms with Gasteiger partial charge in [0.25, 0.3) is 5.92 Å². The number of hydrogen-bond acceptors (Lipinski definition) is 0. The van der Waals surface area contributed by atoms with Crippen LogP contribution in [0.15, 0.2) is 24.3 Å². The predicted molar refractivity (Wildman–Crippen MR) is 50.0 cm³/mol. The first-order valence-electron chi connectivity index (χ1n) is 4.51. The molecule has 0 bridgehead atoms. The van der Waals surface area contributed by atoms with Gasteiger partial charge in [0.2, 0.25) is 0 Å². The van der Waals surface area contributed by atoms with E-state index in [9.17, 15) is 8.78 Å². The third-order valence-electron chi connectivity index (χ3n) is 2.00. The van der Waals surface area contributed by atoms with Gasteiger partial charge in [-0.1, -0.05) is 37.6 Å². The van der Waals surface area contributed by atoms with Crippen LogP contribution in [0.5, 0.6) is 0 Å². The second-order valence-corrected chi connectivity index (χ2v) is 3.34. The van der Waals surface area contributed by atoms with Crippen LogP contribution in [0.25, 0.3) is 0 Å². The first-order valence-corrected chi connectivity index (χ1v) is 4.51. The Kier molecular flexibility index (Phi) is 3.02. The monoisotopic (exact) mass is 184 g/mol. The highest BCUT2D eigenvalue weighted by Crippen LogP contribution is 2.26. The van der Waals surface area contributed by atoms with E-state index in [4.69, 9.17) is 0 Å². The molecular weight excluding hydrogens is 170 g/mol. The lowest BCUT2D eigenvalue weighted by molar-refractivity contribution is 0.0174. The van der Waals surface area contributed by atoms with Crippen molar-refractivity contribution in [2.24, 2.45) is 0 Å². The van der Waals surface area contributed by atoms with Crippen molar-refractivity contribution in [2.45, 2.75) is 32.6 Å². The third-order valence-corrected chi connectivity index (χ3v) is 2.00. The maximum atomic E-state index is 12.8. The van der Waals surface area contributed by atoms with Gasteiger partial charge in [-0.3, -0.25) is 0 Å². The van der Waals surface area contributed by atoms with Crippen molar-refractivity contribution >= 4 is 0 Å². The highest BCUT2D eigenvalue weighted by molar-refractivity contribution is 5.25. The van der Waals surface area contributed by atoms with Crippen molar-refractivity contribution in [1.82, 2.24) is 0 Å². The zero-order chi connectivity index (χ0) is 9.90. The smallest absolute Gasteiger partial charge is 0.202 e. The van der Waals surface area contributed by atoms with Crippen LogP contribution >= 0.6 is 0 Å². The molecule has 1 aromatic rings. The van der Waals surface area contributed by atoms with Crippen LogP contribution in [0.4, 0.5) is 8.78 Å². The third kappa shape index (κ3) is 2.79. The quantitative estimate of drug-likeness (QED) is 0.671. The van der Waals surface area contributed by atoms with Gasteiger partial charge >= 0.3 is 0 Å². The van der Waals surface area contributed by atoms with Gasteiger partial charge in [-0.05, 0) is 12.0 Å². The molecule has 0 spiro atoms. The van der Waals surface area contributed by atoms with Gasteiger partial charge in [0.1, 0.15) is 0 Å². The molecule has 0 heterocycles. The van der Waals surface area contributed by atoms with Crippen molar-refractivity contribution in [3.8, 4) is 0 Å². The molecular formula is C11H14F2. The molecule has 0 aliphatic rings. The summed E-state index contributed by atoms with van der Waals surface area (Å²) >= 11 is 0. The summed E-state index contributed by atoms with van der Waals surface area (Å²) in [5.74, 6) is -2.72. The summed E-state index contributed by atoms with van der Waals surface area (Å²) < 4.78 is 25.5. The van der Waals surface area contributed by atoms with Crippen LogP contribution < -0.4 is 0 Å². The van der Waals surface area contributed by atoms with Crippen molar-refractivity contribution in [1.29, 1.82) is 0 Å². The van der Waals surface area contributed by atoms with E-state index in [1.165, 1.54) is 12.1 Å². The van der Waals surface area contributed by atoms with Crippen LogP contribution in [0, 0.1) is 0 Å². The van der Waals surface area contributed by atoms with Crippen molar-refractivity contribution in [3.05, 3.63) is 35.4 Å². The van der Waals surface area contributed by atoms with Gasteiger partial charge < -0.3 is 0 Å². The Balaban J connectivity index is 2.81. The van der Waals surface area contributed by atoms with Gasteiger partial charge in [0, 0.05) is 12.5 Å². The summed E-state index contributed by atoms with van der Waals surface area (Å²) in [6.45, 7) is 2.99. The van der Waals surface area contributed by atoms with E-state index < -0.39 is 5.92 Å². The Morgan fingerprint density at radius 2 is 1.69 bits per heavy atom. The highest BCUT2D eigenvalue weighted by atomic mass is 19.3. The maximum absolute atomic E-state index is 12.8. The Morgan fingerprint density at radius 1 is 1.15 bits per heavy atom.